The number of pyridine rings is 1. The van der Waals surface area contributed by atoms with E-state index in [-0.39, 0.29) is 5.84 Å². The Hall–Kier alpha value is -1.27. The van der Waals surface area contributed by atoms with Crippen LogP contribution in [0.25, 0.3) is 0 Å². The van der Waals surface area contributed by atoms with Crippen molar-refractivity contribution in [2.24, 2.45) is 10.9 Å². The predicted molar refractivity (Wildman–Crippen MR) is 71.4 cm³/mol. The summed E-state index contributed by atoms with van der Waals surface area (Å²) in [5.41, 5.74) is 7.03. The van der Waals surface area contributed by atoms with Crippen molar-refractivity contribution < 1.29 is 5.21 Å². The van der Waals surface area contributed by atoms with Crippen LogP contribution in [-0.2, 0) is 6.54 Å². The molecule has 0 spiro atoms. The fraction of sp³-hybridized carbons (Fsp3) is 0.455. The summed E-state index contributed by atoms with van der Waals surface area (Å²) in [6, 6.07) is 3.72. The fourth-order valence-electron chi connectivity index (χ4n) is 1.28. The van der Waals surface area contributed by atoms with Crippen LogP contribution < -0.4 is 11.1 Å². The number of thioether (sulfide) groups is 1. The highest BCUT2D eigenvalue weighted by Gasteiger charge is 2.03. The lowest BCUT2D eigenvalue weighted by Gasteiger charge is -2.10. The van der Waals surface area contributed by atoms with E-state index in [2.05, 4.69) is 28.6 Å². The zero-order valence-electron chi connectivity index (χ0n) is 10.1. The molecule has 0 bridgehead atoms. The number of nitrogens with two attached hydrogens (primary N) is 1. The smallest absolute Gasteiger partial charge is 0.188 e. The van der Waals surface area contributed by atoms with Crippen LogP contribution in [0.2, 0.25) is 0 Å². The third kappa shape index (κ3) is 4.62. The van der Waals surface area contributed by atoms with E-state index in [0.717, 1.165) is 18.7 Å². The number of amidine groups is 1. The summed E-state index contributed by atoms with van der Waals surface area (Å²) in [5.74, 6) is 0.0318. The van der Waals surface area contributed by atoms with Crippen molar-refractivity contribution in [3.8, 4) is 0 Å². The fourth-order valence-corrected chi connectivity index (χ4v) is 1.56. The molecule has 0 aliphatic rings. The van der Waals surface area contributed by atoms with Gasteiger partial charge in [-0.3, -0.25) is 4.98 Å². The van der Waals surface area contributed by atoms with Gasteiger partial charge in [0.2, 0.25) is 0 Å². The zero-order chi connectivity index (χ0) is 12.7. The van der Waals surface area contributed by atoms with Gasteiger partial charge in [0.25, 0.3) is 0 Å². The van der Waals surface area contributed by atoms with E-state index in [1.165, 1.54) is 0 Å². The third-order valence-corrected chi connectivity index (χ3v) is 3.33. The first kappa shape index (κ1) is 13.8. The summed E-state index contributed by atoms with van der Waals surface area (Å²) in [4.78, 5) is 4.02. The van der Waals surface area contributed by atoms with Gasteiger partial charge in [0, 0.05) is 24.5 Å². The van der Waals surface area contributed by atoms with Crippen LogP contribution in [0.3, 0.4) is 0 Å². The summed E-state index contributed by atoms with van der Waals surface area (Å²) in [7, 11) is 0. The number of aromatic nitrogens is 1. The van der Waals surface area contributed by atoms with Gasteiger partial charge in [-0.2, -0.15) is 11.8 Å². The van der Waals surface area contributed by atoms with Gasteiger partial charge in [0.05, 0.1) is 0 Å². The average Bonchev–Trinajstić information content (AvgIpc) is 2.38. The second-order valence-electron chi connectivity index (χ2n) is 3.71. The summed E-state index contributed by atoms with van der Waals surface area (Å²) in [6.45, 7) is 3.87. The second kappa shape index (κ2) is 7.13. The number of rotatable bonds is 6. The quantitative estimate of drug-likeness (QED) is 0.305. The van der Waals surface area contributed by atoms with Crippen molar-refractivity contribution in [2.45, 2.75) is 18.7 Å². The summed E-state index contributed by atoms with van der Waals surface area (Å²) >= 11 is 1.82. The van der Waals surface area contributed by atoms with E-state index < -0.39 is 0 Å². The number of hydrogen-bond donors (Lipinski definition) is 3. The molecule has 0 fully saturated rings. The monoisotopic (exact) mass is 254 g/mol. The molecule has 4 N–H and O–H groups in total. The highest BCUT2D eigenvalue weighted by atomic mass is 32.2. The molecule has 5 nitrogen and oxygen atoms in total. The maximum absolute atomic E-state index is 8.56. The van der Waals surface area contributed by atoms with Gasteiger partial charge < -0.3 is 16.3 Å². The maximum Gasteiger partial charge on any atom is 0.188 e. The molecule has 0 saturated carbocycles. The standard InChI is InChI=1S/C11H18N4OS/c1-8(17-2)6-13-7-9-3-4-14-10(5-9)11(12)15-16/h3-5,8,13,16H,6-7H2,1-2H3,(H2,12,15). The van der Waals surface area contributed by atoms with Gasteiger partial charge in [-0.15, -0.1) is 0 Å². The van der Waals surface area contributed by atoms with Crippen LogP contribution in [0.15, 0.2) is 23.5 Å². The number of nitrogens with zero attached hydrogens (tertiary/aromatic N) is 2. The third-order valence-electron chi connectivity index (χ3n) is 2.36. The van der Waals surface area contributed by atoms with E-state index in [1.54, 1.807) is 6.20 Å². The highest BCUT2D eigenvalue weighted by molar-refractivity contribution is 7.99. The Morgan fingerprint density at radius 2 is 2.47 bits per heavy atom. The first-order valence-corrected chi connectivity index (χ1v) is 6.62. The minimum atomic E-state index is 0.0318. The van der Waals surface area contributed by atoms with Gasteiger partial charge >= 0.3 is 0 Å². The molecule has 0 radical (unpaired) electrons. The molecule has 1 unspecified atom stereocenters. The summed E-state index contributed by atoms with van der Waals surface area (Å²) < 4.78 is 0. The molecule has 0 aliphatic heterocycles. The minimum absolute atomic E-state index is 0.0318. The van der Waals surface area contributed by atoms with Crippen LogP contribution in [0.5, 0.6) is 0 Å². The van der Waals surface area contributed by atoms with Gasteiger partial charge in [0.1, 0.15) is 5.69 Å². The minimum Gasteiger partial charge on any atom is -0.409 e. The van der Waals surface area contributed by atoms with Gasteiger partial charge in [0.15, 0.2) is 5.84 Å². The number of oxime groups is 1. The predicted octanol–water partition coefficient (Wildman–Crippen LogP) is 1.02. The van der Waals surface area contributed by atoms with E-state index in [1.807, 2.05) is 23.9 Å². The maximum atomic E-state index is 8.56. The molecule has 1 heterocycles. The Morgan fingerprint density at radius 3 is 3.12 bits per heavy atom. The van der Waals surface area contributed by atoms with E-state index >= 15 is 0 Å². The van der Waals surface area contributed by atoms with Gasteiger partial charge in [-0.1, -0.05) is 12.1 Å². The molecule has 94 valence electrons. The van der Waals surface area contributed by atoms with Crippen molar-refractivity contribution in [1.82, 2.24) is 10.3 Å². The van der Waals surface area contributed by atoms with Crippen LogP contribution in [-0.4, -0.2) is 34.1 Å². The molecular formula is C11H18N4OS. The lowest BCUT2D eigenvalue weighted by Crippen LogP contribution is -2.22. The molecule has 17 heavy (non-hydrogen) atoms. The average molecular weight is 254 g/mol. The molecule has 1 aromatic heterocycles. The van der Waals surface area contributed by atoms with Gasteiger partial charge in [-0.05, 0) is 24.0 Å². The largest absolute Gasteiger partial charge is 0.409 e. The van der Waals surface area contributed by atoms with Crippen LogP contribution in [0, 0.1) is 0 Å². The first-order chi connectivity index (χ1) is 8.17. The SMILES string of the molecule is CSC(C)CNCc1ccnc(/C(N)=N/O)c1. The van der Waals surface area contributed by atoms with Crippen LogP contribution in [0.4, 0.5) is 0 Å². The number of nitrogens with one attached hydrogen (secondary N) is 1. The number of hydrogen-bond acceptors (Lipinski definition) is 5. The highest BCUT2D eigenvalue weighted by Crippen LogP contribution is 2.04. The van der Waals surface area contributed by atoms with E-state index in [4.69, 9.17) is 10.9 Å². The lowest BCUT2D eigenvalue weighted by atomic mass is 10.2. The van der Waals surface area contributed by atoms with Crippen LogP contribution in [0.1, 0.15) is 18.2 Å². The van der Waals surface area contributed by atoms with E-state index in [9.17, 15) is 0 Å². The molecule has 1 atom stereocenters. The van der Waals surface area contributed by atoms with Crippen molar-refractivity contribution in [1.29, 1.82) is 0 Å². The molecule has 0 amide bonds. The molecule has 0 saturated heterocycles. The second-order valence-corrected chi connectivity index (χ2v) is 4.99. The summed E-state index contributed by atoms with van der Waals surface area (Å²) in [5, 5.41) is 15.4. The molecule has 1 aromatic rings. The normalized spacial score (nSPS) is 13.6. The Kier molecular flexibility index (Phi) is 5.79. The Balaban J connectivity index is 2.54. The van der Waals surface area contributed by atoms with Crippen molar-refractivity contribution >= 4 is 17.6 Å². The van der Waals surface area contributed by atoms with Crippen molar-refractivity contribution in [3.05, 3.63) is 29.6 Å². The molecular weight excluding hydrogens is 236 g/mol. The Bertz CT molecular complexity index is 383. The molecule has 6 heteroatoms. The van der Waals surface area contributed by atoms with E-state index in [0.29, 0.717) is 10.9 Å². The summed E-state index contributed by atoms with van der Waals surface area (Å²) in [6.07, 6.45) is 3.75. The van der Waals surface area contributed by atoms with Crippen molar-refractivity contribution in [3.63, 3.8) is 0 Å². The Labute approximate surface area is 105 Å². The van der Waals surface area contributed by atoms with Crippen molar-refractivity contribution in [2.75, 3.05) is 12.8 Å². The van der Waals surface area contributed by atoms with Gasteiger partial charge in [-0.25, -0.2) is 0 Å². The molecule has 0 aliphatic carbocycles. The van der Waals surface area contributed by atoms with Crippen LogP contribution >= 0.6 is 11.8 Å². The lowest BCUT2D eigenvalue weighted by molar-refractivity contribution is 0.318. The first-order valence-electron chi connectivity index (χ1n) is 5.33. The molecule has 0 aromatic carbocycles. The zero-order valence-corrected chi connectivity index (χ0v) is 10.9. The Morgan fingerprint density at radius 1 is 1.71 bits per heavy atom. The topological polar surface area (TPSA) is 83.5 Å². The molecule has 1 rings (SSSR count).